The lowest BCUT2D eigenvalue weighted by Gasteiger charge is -2.32. The molecule has 1 aromatic rings. The summed E-state index contributed by atoms with van der Waals surface area (Å²) >= 11 is 1.57. The van der Waals surface area contributed by atoms with Crippen LogP contribution in [0.15, 0.2) is 35.3 Å². The van der Waals surface area contributed by atoms with Gasteiger partial charge in [-0.1, -0.05) is 30.0 Å². The zero-order chi connectivity index (χ0) is 17.5. The van der Waals surface area contributed by atoms with Gasteiger partial charge in [0, 0.05) is 18.8 Å². The number of likely N-dealkylation sites (tertiary alicyclic amines) is 1. The summed E-state index contributed by atoms with van der Waals surface area (Å²) in [5, 5.41) is 3.60. The van der Waals surface area contributed by atoms with Gasteiger partial charge in [0.15, 0.2) is 5.17 Å². The number of amides is 2. The topological polar surface area (TPSA) is 71.0 Å². The van der Waals surface area contributed by atoms with Crippen LogP contribution in [0.1, 0.15) is 19.3 Å². The van der Waals surface area contributed by atoms with E-state index in [1.54, 1.807) is 16.7 Å². The van der Waals surface area contributed by atoms with Crippen molar-refractivity contribution in [3.8, 4) is 5.75 Å². The van der Waals surface area contributed by atoms with E-state index in [9.17, 15) is 9.59 Å². The summed E-state index contributed by atoms with van der Waals surface area (Å²) in [4.78, 5) is 30.8. The number of amidine groups is 1. The first kappa shape index (κ1) is 17.8. The molecule has 0 unspecified atom stereocenters. The molecule has 1 fully saturated rings. The second-order valence-corrected chi connectivity index (χ2v) is 7.20. The van der Waals surface area contributed by atoms with Crippen molar-refractivity contribution >= 4 is 28.7 Å². The van der Waals surface area contributed by atoms with Crippen molar-refractivity contribution in [2.24, 2.45) is 10.9 Å². The number of thioether (sulfide) groups is 1. The van der Waals surface area contributed by atoms with E-state index in [1.807, 2.05) is 30.3 Å². The van der Waals surface area contributed by atoms with Gasteiger partial charge in [-0.2, -0.15) is 0 Å². The number of carbonyl (C=O) groups excluding carboxylic acids is 2. The smallest absolute Gasteiger partial charge is 0.230 e. The largest absolute Gasteiger partial charge is 0.493 e. The van der Waals surface area contributed by atoms with Gasteiger partial charge in [-0.05, 0) is 25.0 Å². The van der Waals surface area contributed by atoms with Crippen LogP contribution in [0.25, 0.3) is 0 Å². The van der Waals surface area contributed by atoms with Gasteiger partial charge in [0.1, 0.15) is 5.75 Å². The van der Waals surface area contributed by atoms with E-state index in [2.05, 4.69) is 10.3 Å². The molecule has 0 saturated carbocycles. The average molecular weight is 361 g/mol. The van der Waals surface area contributed by atoms with Gasteiger partial charge in [-0.3, -0.25) is 14.6 Å². The molecule has 2 aliphatic heterocycles. The van der Waals surface area contributed by atoms with Crippen LogP contribution in [0.4, 0.5) is 0 Å². The molecule has 0 spiro atoms. The van der Waals surface area contributed by atoms with Gasteiger partial charge < -0.3 is 15.0 Å². The molecule has 2 heterocycles. The monoisotopic (exact) mass is 361 g/mol. The van der Waals surface area contributed by atoms with Crippen LogP contribution < -0.4 is 10.1 Å². The Balaban J connectivity index is 1.43. The number of nitrogens with one attached hydrogen (secondary N) is 1. The van der Waals surface area contributed by atoms with Crippen molar-refractivity contribution in [3.63, 3.8) is 0 Å². The van der Waals surface area contributed by atoms with E-state index in [0.29, 0.717) is 31.3 Å². The van der Waals surface area contributed by atoms with Crippen molar-refractivity contribution in [2.75, 3.05) is 32.0 Å². The molecule has 6 nitrogen and oxygen atoms in total. The first-order valence-electron chi connectivity index (χ1n) is 8.66. The van der Waals surface area contributed by atoms with Gasteiger partial charge in [0.2, 0.25) is 11.8 Å². The summed E-state index contributed by atoms with van der Waals surface area (Å²) in [6.45, 7) is 2.30. The molecule has 0 aromatic heterocycles. The Kier molecular flexibility index (Phi) is 6.33. The minimum absolute atomic E-state index is 0.0221. The van der Waals surface area contributed by atoms with Crippen LogP contribution in [0.5, 0.6) is 5.75 Å². The highest BCUT2D eigenvalue weighted by Crippen LogP contribution is 2.19. The third kappa shape index (κ3) is 5.22. The number of hydrogen-bond donors (Lipinski definition) is 1. The van der Waals surface area contributed by atoms with Gasteiger partial charge in [-0.25, -0.2) is 0 Å². The summed E-state index contributed by atoms with van der Waals surface area (Å²) in [5.74, 6) is 1.55. The lowest BCUT2D eigenvalue weighted by Crippen LogP contribution is -2.46. The predicted molar refractivity (Wildman–Crippen MR) is 98.8 cm³/mol. The number of carbonyl (C=O) groups is 2. The molecule has 1 N–H and O–H groups in total. The zero-order valence-corrected chi connectivity index (χ0v) is 15.0. The zero-order valence-electron chi connectivity index (χ0n) is 14.1. The minimum Gasteiger partial charge on any atom is -0.493 e. The number of para-hydroxylation sites is 1. The molecule has 2 amide bonds. The van der Waals surface area contributed by atoms with Crippen molar-refractivity contribution in [1.29, 1.82) is 0 Å². The Bertz CT molecular complexity index is 636. The summed E-state index contributed by atoms with van der Waals surface area (Å²) in [6, 6.07) is 9.47. The van der Waals surface area contributed by atoms with Crippen molar-refractivity contribution in [1.82, 2.24) is 10.2 Å². The highest BCUT2D eigenvalue weighted by Gasteiger charge is 2.29. The SMILES string of the molecule is O=C(NC1=NCCS1)[C@@H]1CCCN(C(=O)CCOc2ccccc2)C1. The van der Waals surface area contributed by atoms with E-state index in [-0.39, 0.29) is 17.7 Å². The van der Waals surface area contributed by atoms with Gasteiger partial charge in [0.05, 0.1) is 25.5 Å². The highest BCUT2D eigenvalue weighted by atomic mass is 32.2. The third-order valence-corrected chi connectivity index (χ3v) is 5.18. The summed E-state index contributed by atoms with van der Waals surface area (Å²) in [6.07, 6.45) is 1.99. The Hall–Kier alpha value is -2.02. The number of hydrogen-bond acceptors (Lipinski definition) is 5. The molecule has 134 valence electrons. The molecule has 0 aliphatic carbocycles. The van der Waals surface area contributed by atoms with E-state index in [1.165, 1.54) is 0 Å². The number of aliphatic imine (C=N–C) groups is 1. The molecule has 25 heavy (non-hydrogen) atoms. The molecule has 1 atom stereocenters. The molecule has 0 bridgehead atoms. The highest BCUT2D eigenvalue weighted by molar-refractivity contribution is 8.14. The molecule has 2 aliphatic rings. The Morgan fingerprint density at radius 3 is 2.92 bits per heavy atom. The van der Waals surface area contributed by atoms with Gasteiger partial charge in [0.25, 0.3) is 0 Å². The number of ether oxygens (including phenoxy) is 1. The average Bonchev–Trinajstić information content (AvgIpc) is 3.15. The molecular formula is C18H23N3O3S. The first-order chi connectivity index (χ1) is 12.2. The fraction of sp³-hybridized carbons (Fsp3) is 0.500. The number of rotatable bonds is 5. The predicted octanol–water partition coefficient (Wildman–Crippen LogP) is 1.91. The maximum atomic E-state index is 12.4. The second kappa shape index (κ2) is 8.89. The van der Waals surface area contributed by atoms with Gasteiger partial charge >= 0.3 is 0 Å². The molecule has 3 rings (SSSR count). The lowest BCUT2D eigenvalue weighted by atomic mass is 9.97. The number of nitrogens with zero attached hydrogens (tertiary/aromatic N) is 2. The molecule has 0 radical (unpaired) electrons. The third-order valence-electron chi connectivity index (χ3n) is 4.29. The first-order valence-corrected chi connectivity index (χ1v) is 9.64. The second-order valence-electron chi connectivity index (χ2n) is 6.12. The minimum atomic E-state index is -0.156. The van der Waals surface area contributed by atoms with Crippen molar-refractivity contribution < 1.29 is 14.3 Å². The van der Waals surface area contributed by atoms with Crippen molar-refractivity contribution in [3.05, 3.63) is 30.3 Å². The quantitative estimate of drug-likeness (QED) is 0.870. The van der Waals surface area contributed by atoms with Gasteiger partial charge in [-0.15, -0.1) is 0 Å². The van der Waals surface area contributed by atoms with Crippen LogP contribution in [0.3, 0.4) is 0 Å². The van der Waals surface area contributed by atoms with Crippen LogP contribution in [0.2, 0.25) is 0 Å². The maximum absolute atomic E-state index is 12.4. The molecule has 1 aromatic carbocycles. The summed E-state index contributed by atoms with van der Waals surface area (Å²) < 4.78 is 5.59. The van der Waals surface area contributed by atoms with E-state index < -0.39 is 0 Å². The van der Waals surface area contributed by atoms with Crippen LogP contribution in [0, 0.1) is 5.92 Å². The number of piperidine rings is 1. The van der Waals surface area contributed by atoms with Crippen LogP contribution in [-0.2, 0) is 9.59 Å². The molecular weight excluding hydrogens is 338 g/mol. The summed E-state index contributed by atoms with van der Waals surface area (Å²) in [7, 11) is 0. The van der Waals surface area contributed by atoms with E-state index in [4.69, 9.17) is 4.74 Å². The molecule has 1 saturated heterocycles. The Labute approximate surface area is 152 Å². The van der Waals surface area contributed by atoms with Crippen LogP contribution >= 0.6 is 11.8 Å². The number of benzene rings is 1. The normalized spacial score (nSPS) is 20.1. The lowest BCUT2D eigenvalue weighted by molar-refractivity contribution is -0.135. The Morgan fingerprint density at radius 2 is 2.16 bits per heavy atom. The summed E-state index contributed by atoms with van der Waals surface area (Å²) in [5.41, 5.74) is 0. The molecule has 7 heteroatoms. The Morgan fingerprint density at radius 1 is 1.32 bits per heavy atom. The fourth-order valence-electron chi connectivity index (χ4n) is 2.97. The van der Waals surface area contributed by atoms with E-state index >= 15 is 0 Å². The maximum Gasteiger partial charge on any atom is 0.230 e. The van der Waals surface area contributed by atoms with Crippen molar-refractivity contribution in [2.45, 2.75) is 19.3 Å². The standard InChI is InChI=1S/C18H23N3O3S/c22-16(8-11-24-15-6-2-1-3-7-15)21-10-4-5-14(13-21)17(23)20-18-19-9-12-25-18/h1-3,6-7,14H,4-5,8-13H2,(H,19,20,23)/t14-/m1/s1. The van der Waals surface area contributed by atoms with E-state index in [0.717, 1.165) is 30.9 Å². The fourth-order valence-corrected chi connectivity index (χ4v) is 3.70. The van der Waals surface area contributed by atoms with Crippen LogP contribution in [-0.4, -0.2) is 53.9 Å².